The van der Waals surface area contributed by atoms with Gasteiger partial charge in [-0.2, -0.15) is 0 Å². The number of nitrogens with one attached hydrogen (secondary N) is 1. The van der Waals surface area contributed by atoms with Gasteiger partial charge in [0.15, 0.2) is 0 Å². The molecule has 3 rings (SSSR count). The second-order valence-electron chi connectivity index (χ2n) is 5.64. The molecule has 2 aromatic carbocycles. The molecule has 0 heterocycles. The predicted molar refractivity (Wildman–Crippen MR) is 85.3 cm³/mol. The molecule has 2 heteroatoms. The highest BCUT2D eigenvalue weighted by atomic mass is 35.5. The van der Waals surface area contributed by atoms with Gasteiger partial charge in [-0.1, -0.05) is 54.1 Å². The van der Waals surface area contributed by atoms with Gasteiger partial charge in [0.2, 0.25) is 0 Å². The van der Waals surface area contributed by atoms with E-state index in [1.807, 2.05) is 12.1 Å². The largest absolute Gasteiger partial charge is 0.316 e. The minimum Gasteiger partial charge on any atom is -0.316 e. The van der Waals surface area contributed by atoms with Crippen LogP contribution in [0.3, 0.4) is 0 Å². The van der Waals surface area contributed by atoms with Crippen LogP contribution in [0.2, 0.25) is 5.02 Å². The predicted octanol–water partition coefficient (Wildman–Crippen LogP) is 4.27. The topological polar surface area (TPSA) is 12.0 Å². The Hall–Kier alpha value is -1.31. The van der Waals surface area contributed by atoms with Gasteiger partial charge in [0, 0.05) is 11.1 Å². The summed E-state index contributed by atoms with van der Waals surface area (Å²) in [5.74, 6) is 1.47. The summed E-state index contributed by atoms with van der Waals surface area (Å²) >= 11 is 5.94. The lowest BCUT2D eigenvalue weighted by atomic mass is 9.99. The number of benzene rings is 2. The van der Waals surface area contributed by atoms with Gasteiger partial charge in [0.05, 0.1) is 0 Å². The number of halogens is 1. The Labute approximate surface area is 126 Å². The van der Waals surface area contributed by atoms with Crippen LogP contribution in [0.4, 0.5) is 0 Å². The first-order valence-electron chi connectivity index (χ1n) is 7.24. The van der Waals surface area contributed by atoms with Crippen molar-refractivity contribution in [1.82, 2.24) is 5.32 Å². The lowest BCUT2D eigenvalue weighted by Gasteiger charge is -2.16. The van der Waals surface area contributed by atoms with Crippen LogP contribution in [0.5, 0.6) is 0 Å². The molecule has 1 aliphatic rings. The first-order chi connectivity index (χ1) is 9.78. The number of hydrogen-bond acceptors (Lipinski definition) is 1. The average molecular weight is 286 g/mol. The molecule has 0 saturated heterocycles. The van der Waals surface area contributed by atoms with Gasteiger partial charge in [-0.15, -0.1) is 0 Å². The van der Waals surface area contributed by atoms with Crippen molar-refractivity contribution in [3.05, 3.63) is 70.7 Å². The Bertz CT molecular complexity index is 549. The summed E-state index contributed by atoms with van der Waals surface area (Å²) in [4.78, 5) is 0. The lowest BCUT2D eigenvalue weighted by Crippen LogP contribution is -2.30. The van der Waals surface area contributed by atoms with Gasteiger partial charge in [-0.3, -0.25) is 0 Å². The van der Waals surface area contributed by atoms with Crippen LogP contribution in [0.1, 0.15) is 23.5 Å². The van der Waals surface area contributed by atoms with Gasteiger partial charge in [0.25, 0.3) is 0 Å². The molecule has 1 fully saturated rings. The van der Waals surface area contributed by atoms with Gasteiger partial charge < -0.3 is 5.32 Å². The molecule has 1 aliphatic carbocycles. The highest BCUT2D eigenvalue weighted by molar-refractivity contribution is 6.30. The van der Waals surface area contributed by atoms with Crippen LogP contribution < -0.4 is 5.32 Å². The van der Waals surface area contributed by atoms with Crippen LogP contribution in [0.25, 0.3) is 0 Å². The zero-order valence-corrected chi connectivity index (χ0v) is 12.5. The highest BCUT2D eigenvalue weighted by Gasteiger charge is 2.42. The van der Waals surface area contributed by atoms with Crippen molar-refractivity contribution < 1.29 is 0 Å². The van der Waals surface area contributed by atoms with E-state index in [1.54, 1.807) is 0 Å². The van der Waals surface area contributed by atoms with Crippen LogP contribution in [0, 0.1) is 5.92 Å². The SMILES string of the molecule is CNC(Cc1ccc(Cl)cc1)C1CC1c1ccccc1. The fourth-order valence-electron chi connectivity index (χ4n) is 3.08. The summed E-state index contributed by atoms with van der Waals surface area (Å²) < 4.78 is 0. The minimum absolute atomic E-state index is 0.543. The van der Waals surface area contributed by atoms with Gasteiger partial charge in [-0.05, 0) is 55.0 Å². The molecule has 0 amide bonds. The highest BCUT2D eigenvalue weighted by Crippen LogP contribution is 2.49. The van der Waals surface area contributed by atoms with Crippen molar-refractivity contribution in [2.45, 2.75) is 24.8 Å². The average Bonchev–Trinajstić information content (AvgIpc) is 3.28. The third-order valence-electron chi connectivity index (χ3n) is 4.32. The molecule has 1 N–H and O–H groups in total. The molecule has 20 heavy (non-hydrogen) atoms. The monoisotopic (exact) mass is 285 g/mol. The van der Waals surface area contributed by atoms with Crippen molar-refractivity contribution in [1.29, 1.82) is 0 Å². The Morgan fingerprint density at radius 3 is 2.45 bits per heavy atom. The number of rotatable bonds is 5. The molecule has 2 aromatic rings. The van der Waals surface area contributed by atoms with Crippen LogP contribution in [0.15, 0.2) is 54.6 Å². The van der Waals surface area contributed by atoms with Crippen molar-refractivity contribution in [2.75, 3.05) is 7.05 Å². The van der Waals surface area contributed by atoms with Crippen molar-refractivity contribution in [3.8, 4) is 0 Å². The molecule has 0 bridgehead atoms. The molecule has 1 saturated carbocycles. The molecular weight excluding hydrogens is 266 g/mol. The summed E-state index contributed by atoms with van der Waals surface area (Å²) in [6.07, 6.45) is 2.37. The lowest BCUT2D eigenvalue weighted by molar-refractivity contribution is 0.491. The van der Waals surface area contributed by atoms with E-state index in [1.165, 1.54) is 17.5 Å². The second-order valence-corrected chi connectivity index (χ2v) is 6.08. The zero-order chi connectivity index (χ0) is 13.9. The van der Waals surface area contributed by atoms with Crippen molar-refractivity contribution in [3.63, 3.8) is 0 Å². The van der Waals surface area contributed by atoms with Gasteiger partial charge in [0.1, 0.15) is 0 Å². The van der Waals surface area contributed by atoms with E-state index in [2.05, 4.69) is 54.8 Å². The smallest absolute Gasteiger partial charge is 0.0406 e. The Morgan fingerprint density at radius 1 is 1.10 bits per heavy atom. The zero-order valence-electron chi connectivity index (χ0n) is 11.7. The third-order valence-corrected chi connectivity index (χ3v) is 4.58. The minimum atomic E-state index is 0.543. The van der Waals surface area contributed by atoms with E-state index in [0.717, 1.165) is 23.3 Å². The van der Waals surface area contributed by atoms with E-state index in [9.17, 15) is 0 Å². The maximum Gasteiger partial charge on any atom is 0.0406 e. The maximum atomic E-state index is 5.94. The molecule has 0 aromatic heterocycles. The van der Waals surface area contributed by atoms with Crippen LogP contribution in [-0.2, 0) is 6.42 Å². The Kier molecular flexibility index (Phi) is 4.09. The van der Waals surface area contributed by atoms with Crippen molar-refractivity contribution in [2.24, 2.45) is 5.92 Å². The molecule has 3 atom stereocenters. The Balaban J connectivity index is 1.65. The summed E-state index contributed by atoms with van der Waals surface area (Å²) in [7, 11) is 2.07. The first-order valence-corrected chi connectivity index (χ1v) is 7.62. The molecule has 3 unspecified atom stereocenters. The second kappa shape index (κ2) is 5.99. The van der Waals surface area contributed by atoms with Gasteiger partial charge in [-0.25, -0.2) is 0 Å². The van der Waals surface area contributed by atoms with Gasteiger partial charge >= 0.3 is 0 Å². The van der Waals surface area contributed by atoms with E-state index >= 15 is 0 Å². The number of hydrogen-bond donors (Lipinski definition) is 1. The standard InChI is InChI=1S/C18H20ClN/c1-20-18(11-13-7-9-15(19)10-8-13)17-12-16(17)14-5-3-2-4-6-14/h2-10,16-18,20H,11-12H2,1H3. The summed E-state index contributed by atoms with van der Waals surface area (Å²) in [5.41, 5.74) is 2.83. The van der Waals surface area contributed by atoms with Crippen LogP contribution in [-0.4, -0.2) is 13.1 Å². The van der Waals surface area contributed by atoms with E-state index in [4.69, 9.17) is 11.6 Å². The van der Waals surface area contributed by atoms with E-state index in [0.29, 0.717) is 6.04 Å². The fraction of sp³-hybridized carbons (Fsp3) is 0.333. The molecule has 1 nitrogen and oxygen atoms in total. The quantitative estimate of drug-likeness (QED) is 0.865. The summed E-state index contributed by atoms with van der Waals surface area (Å²) in [6, 6.07) is 19.6. The summed E-state index contributed by atoms with van der Waals surface area (Å²) in [5, 5.41) is 4.30. The van der Waals surface area contributed by atoms with E-state index in [-0.39, 0.29) is 0 Å². The first kappa shape index (κ1) is 13.7. The third kappa shape index (κ3) is 3.05. The van der Waals surface area contributed by atoms with Crippen LogP contribution >= 0.6 is 11.6 Å². The van der Waals surface area contributed by atoms with Crippen molar-refractivity contribution >= 4 is 11.6 Å². The number of likely N-dealkylation sites (N-methyl/N-ethyl adjacent to an activating group) is 1. The normalized spacial score (nSPS) is 22.5. The molecule has 104 valence electrons. The molecule has 0 spiro atoms. The summed E-state index contributed by atoms with van der Waals surface area (Å²) in [6.45, 7) is 0. The molecule has 0 aliphatic heterocycles. The Morgan fingerprint density at radius 2 is 1.80 bits per heavy atom. The molecule has 0 radical (unpaired) electrons. The van der Waals surface area contributed by atoms with E-state index < -0.39 is 0 Å². The maximum absolute atomic E-state index is 5.94. The fourth-order valence-corrected chi connectivity index (χ4v) is 3.21. The molecular formula is C18H20ClN.